The molecule has 8 nitrogen and oxygen atoms in total. The number of thiazole rings is 1. The summed E-state index contributed by atoms with van der Waals surface area (Å²) in [6, 6.07) is 10.9. The molecule has 1 amide bonds. The summed E-state index contributed by atoms with van der Waals surface area (Å²) >= 11 is 7.82. The van der Waals surface area contributed by atoms with Gasteiger partial charge in [-0.15, -0.1) is 12.4 Å². The van der Waals surface area contributed by atoms with E-state index in [9.17, 15) is 4.79 Å². The topological polar surface area (TPSA) is 77.3 Å². The lowest BCUT2D eigenvalue weighted by molar-refractivity contribution is 0.0390. The third-order valence-electron chi connectivity index (χ3n) is 5.91. The van der Waals surface area contributed by atoms with Gasteiger partial charge < -0.3 is 18.6 Å². The standard InChI is InChI=1S/C25H26ClN3O5S.ClH/c1-3-33-19-6-4-5-16-15-20(34-22(16)19)24(30)29(10-9-28-11-13-32-14-12-28)25-27-21-18(31-2)8-7-17(26)23(21)35-25;/h4-8,15H,3,9-14H2,1-2H3;1H. The molecule has 0 spiro atoms. The van der Waals surface area contributed by atoms with Gasteiger partial charge in [0.15, 0.2) is 22.2 Å². The molecule has 0 N–H and O–H groups in total. The number of fused-ring (bicyclic) bond motifs is 2. The van der Waals surface area contributed by atoms with E-state index in [0.29, 0.717) is 65.7 Å². The summed E-state index contributed by atoms with van der Waals surface area (Å²) in [4.78, 5) is 22.5. The number of anilines is 1. The molecule has 11 heteroatoms. The molecule has 0 radical (unpaired) electrons. The second-order valence-electron chi connectivity index (χ2n) is 8.05. The molecule has 0 atom stereocenters. The Bertz CT molecular complexity index is 1350. The van der Waals surface area contributed by atoms with Crippen LogP contribution in [0.25, 0.3) is 21.2 Å². The lowest BCUT2D eigenvalue weighted by Gasteiger charge is -2.28. The van der Waals surface area contributed by atoms with Crippen LogP contribution in [-0.4, -0.2) is 68.9 Å². The van der Waals surface area contributed by atoms with E-state index in [2.05, 4.69) is 4.90 Å². The molecule has 0 bridgehead atoms. The maximum atomic E-state index is 13.8. The number of amides is 1. The highest BCUT2D eigenvalue weighted by molar-refractivity contribution is 7.23. The van der Waals surface area contributed by atoms with Gasteiger partial charge in [0.2, 0.25) is 0 Å². The molecule has 0 saturated carbocycles. The Balaban J connectivity index is 0.00000304. The smallest absolute Gasteiger partial charge is 0.295 e. The third kappa shape index (κ3) is 5.26. The molecule has 0 unspecified atom stereocenters. The van der Waals surface area contributed by atoms with E-state index in [1.165, 1.54) is 11.3 Å². The predicted molar refractivity (Wildman–Crippen MR) is 145 cm³/mol. The molecular weight excluding hydrogens is 525 g/mol. The van der Waals surface area contributed by atoms with Crippen LogP contribution in [0.3, 0.4) is 0 Å². The quantitative estimate of drug-likeness (QED) is 0.286. The van der Waals surface area contributed by atoms with Crippen molar-refractivity contribution in [1.29, 1.82) is 0 Å². The van der Waals surface area contributed by atoms with Crippen molar-refractivity contribution in [3.63, 3.8) is 0 Å². The first-order valence-electron chi connectivity index (χ1n) is 11.5. The van der Waals surface area contributed by atoms with E-state index in [1.54, 1.807) is 30.2 Å². The largest absolute Gasteiger partial charge is 0.494 e. The molecule has 5 rings (SSSR count). The Morgan fingerprint density at radius 2 is 2.03 bits per heavy atom. The van der Waals surface area contributed by atoms with E-state index in [-0.39, 0.29) is 24.1 Å². The van der Waals surface area contributed by atoms with Gasteiger partial charge in [0, 0.05) is 31.6 Å². The minimum Gasteiger partial charge on any atom is -0.494 e. The monoisotopic (exact) mass is 551 g/mol. The van der Waals surface area contributed by atoms with Crippen molar-refractivity contribution in [3.05, 3.63) is 47.2 Å². The Morgan fingerprint density at radius 3 is 2.78 bits per heavy atom. The van der Waals surface area contributed by atoms with Gasteiger partial charge in [-0.25, -0.2) is 4.98 Å². The predicted octanol–water partition coefficient (Wildman–Crippen LogP) is 5.50. The molecule has 1 aliphatic rings. The lowest BCUT2D eigenvalue weighted by Crippen LogP contribution is -2.43. The Labute approximate surface area is 224 Å². The number of para-hydroxylation sites is 1. The van der Waals surface area contributed by atoms with Gasteiger partial charge in [0.25, 0.3) is 5.91 Å². The van der Waals surface area contributed by atoms with Crippen LogP contribution in [0.5, 0.6) is 11.5 Å². The summed E-state index contributed by atoms with van der Waals surface area (Å²) in [5.74, 6) is 1.18. The van der Waals surface area contributed by atoms with Crippen LogP contribution in [0, 0.1) is 0 Å². The summed E-state index contributed by atoms with van der Waals surface area (Å²) in [7, 11) is 1.59. The molecule has 36 heavy (non-hydrogen) atoms. The zero-order valence-electron chi connectivity index (χ0n) is 20.0. The number of hydrogen-bond acceptors (Lipinski definition) is 8. The molecule has 1 saturated heterocycles. The molecule has 1 aliphatic heterocycles. The van der Waals surface area contributed by atoms with Crippen molar-refractivity contribution >= 4 is 67.6 Å². The van der Waals surface area contributed by atoms with Gasteiger partial charge in [-0.05, 0) is 31.2 Å². The van der Waals surface area contributed by atoms with Crippen LogP contribution >= 0.6 is 35.3 Å². The van der Waals surface area contributed by atoms with Crippen molar-refractivity contribution < 1.29 is 23.4 Å². The van der Waals surface area contributed by atoms with E-state index in [4.69, 9.17) is 35.2 Å². The number of carbonyl (C=O) groups is 1. The van der Waals surface area contributed by atoms with Gasteiger partial charge in [-0.3, -0.25) is 14.6 Å². The number of furan rings is 1. The second kappa shape index (κ2) is 11.7. The van der Waals surface area contributed by atoms with E-state index in [1.807, 2.05) is 25.1 Å². The highest BCUT2D eigenvalue weighted by atomic mass is 35.5. The fourth-order valence-corrected chi connectivity index (χ4v) is 5.40. The highest BCUT2D eigenvalue weighted by Crippen LogP contribution is 2.39. The first-order chi connectivity index (χ1) is 17.1. The van der Waals surface area contributed by atoms with Gasteiger partial charge in [0.05, 0.1) is 36.7 Å². The zero-order valence-corrected chi connectivity index (χ0v) is 22.4. The number of nitrogens with zero attached hydrogens (tertiary/aromatic N) is 3. The molecular formula is C25H27Cl2N3O5S. The SMILES string of the molecule is CCOc1cccc2cc(C(=O)N(CCN3CCOCC3)c3nc4c(OC)ccc(Cl)c4s3)oc12.Cl. The summed E-state index contributed by atoms with van der Waals surface area (Å²) < 4.78 is 23.4. The fraction of sp³-hybridized carbons (Fsp3) is 0.360. The van der Waals surface area contributed by atoms with Gasteiger partial charge >= 0.3 is 0 Å². The Hall–Kier alpha value is -2.56. The van der Waals surface area contributed by atoms with Crippen LogP contribution in [0.4, 0.5) is 5.13 Å². The van der Waals surface area contributed by atoms with Gasteiger partial charge in [0.1, 0.15) is 11.3 Å². The van der Waals surface area contributed by atoms with Crippen molar-refractivity contribution in [3.8, 4) is 11.5 Å². The first kappa shape index (κ1) is 26.5. The molecule has 2 aromatic carbocycles. The Morgan fingerprint density at radius 1 is 1.22 bits per heavy atom. The number of methoxy groups -OCH3 is 1. The summed E-state index contributed by atoms with van der Waals surface area (Å²) in [5.41, 5.74) is 1.19. The second-order valence-corrected chi connectivity index (χ2v) is 9.44. The number of hydrogen-bond donors (Lipinski definition) is 0. The lowest BCUT2D eigenvalue weighted by atomic mass is 10.2. The summed E-state index contributed by atoms with van der Waals surface area (Å²) in [5, 5.41) is 1.91. The molecule has 4 aromatic rings. The number of halogens is 2. The number of rotatable bonds is 8. The van der Waals surface area contributed by atoms with Gasteiger partial charge in [-0.1, -0.05) is 35.1 Å². The zero-order chi connectivity index (χ0) is 24.4. The maximum Gasteiger partial charge on any atom is 0.295 e. The van der Waals surface area contributed by atoms with Gasteiger partial charge in [-0.2, -0.15) is 0 Å². The number of benzene rings is 2. The average Bonchev–Trinajstić information content (AvgIpc) is 3.51. The third-order valence-corrected chi connectivity index (χ3v) is 7.44. The normalized spacial score (nSPS) is 14.1. The van der Waals surface area contributed by atoms with Crippen LogP contribution < -0.4 is 14.4 Å². The minimum absolute atomic E-state index is 0. The van der Waals surface area contributed by atoms with E-state index < -0.39 is 0 Å². The van der Waals surface area contributed by atoms with Crippen LogP contribution in [0.1, 0.15) is 17.5 Å². The molecule has 192 valence electrons. The number of aromatic nitrogens is 1. The van der Waals surface area contributed by atoms with Crippen molar-refractivity contribution in [2.75, 3.05) is 58.0 Å². The molecule has 3 heterocycles. The summed E-state index contributed by atoms with van der Waals surface area (Å²) in [6.45, 7) is 6.55. The first-order valence-corrected chi connectivity index (χ1v) is 12.7. The van der Waals surface area contributed by atoms with Crippen molar-refractivity contribution in [1.82, 2.24) is 9.88 Å². The van der Waals surface area contributed by atoms with Crippen molar-refractivity contribution in [2.24, 2.45) is 0 Å². The molecule has 0 aliphatic carbocycles. The van der Waals surface area contributed by atoms with Crippen LogP contribution in [0.15, 0.2) is 40.8 Å². The van der Waals surface area contributed by atoms with Crippen molar-refractivity contribution in [2.45, 2.75) is 6.92 Å². The van der Waals surface area contributed by atoms with E-state index in [0.717, 1.165) is 23.2 Å². The number of carbonyl (C=O) groups excluding carboxylic acids is 1. The summed E-state index contributed by atoms with van der Waals surface area (Å²) in [6.07, 6.45) is 0. The average molecular weight is 552 g/mol. The number of morpholine rings is 1. The van der Waals surface area contributed by atoms with Crippen LogP contribution in [0.2, 0.25) is 5.02 Å². The minimum atomic E-state index is -0.272. The fourth-order valence-electron chi connectivity index (χ4n) is 4.12. The van der Waals surface area contributed by atoms with E-state index >= 15 is 0 Å². The molecule has 1 fully saturated rings. The number of ether oxygens (including phenoxy) is 3. The van der Waals surface area contributed by atoms with Crippen LogP contribution in [-0.2, 0) is 4.74 Å². The highest BCUT2D eigenvalue weighted by Gasteiger charge is 2.27. The Kier molecular flexibility index (Phi) is 8.58. The maximum absolute atomic E-state index is 13.8. The molecule has 2 aromatic heterocycles.